The second kappa shape index (κ2) is 8.60. The number of carbonyl (C=O) groups excluding carboxylic acids is 1. The van der Waals surface area contributed by atoms with Gasteiger partial charge in [0, 0.05) is 13.2 Å². The lowest BCUT2D eigenvalue weighted by molar-refractivity contribution is 0.0743. The number of pyridine rings is 1. The van der Waals surface area contributed by atoms with E-state index in [0.717, 1.165) is 10.6 Å². The second-order valence-corrected chi connectivity index (χ2v) is 6.35. The monoisotopic (exact) mass is 372 g/mol. The number of benzene rings is 1. The van der Waals surface area contributed by atoms with Crippen molar-refractivity contribution in [2.24, 2.45) is 0 Å². The van der Waals surface area contributed by atoms with E-state index in [2.05, 4.69) is 0 Å². The summed E-state index contributed by atoms with van der Waals surface area (Å²) in [6.07, 6.45) is 0.411. The van der Waals surface area contributed by atoms with Crippen molar-refractivity contribution in [2.75, 3.05) is 6.61 Å². The molecule has 0 unspecified atom stereocenters. The number of aromatic nitrogens is 1. The maximum Gasteiger partial charge on any atom is 0.271 e. The summed E-state index contributed by atoms with van der Waals surface area (Å²) in [5, 5.41) is 19.9. The van der Waals surface area contributed by atoms with Gasteiger partial charge in [-0.15, -0.1) is 0 Å². The maximum absolute atomic E-state index is 14.0. The molecule has 2 rings (SSSR count). The van der Waals surface area contributed by atoms with Crippen LogP contribution in [0.4, 0.5) is 4.39 Å². The highest BCUT2D eigenvalue weighted by atomic mass is 19.1. The van der Waals surface area contributed by atoms with Crippen molar-refractivity contribution < 1.29 is 19.0 Å². The van der Waals surface area contributed by atoms with Crippen LogP contribution < -0.4 is 5.56 Å². The summed E-state index contributed by atoms with van der Waals surface area (Å²) in [5.74, 6) is -2.11. The van der Waals surface area contributed by atoms with Gasteiger partial charge >= 0.3 is 0 Å². The van der Waals surface area contributed by atoms with Crippen LogP contribution in [0, 0.1) is 24.1 Å². The van der Waals surface area contributed by atoms with E-state index in [1.54, 1.807) is 6.07 Å². The number of hydrogen-bond acceptors (Lipinski definition) is 5. The summed E-state index contributed by atoms with van der Waals surface area (Å²) in [6, 6.07) is 7.13. The predicted octanol–water partition coefficient (Wildman–Crippen LogP) is 2.92. The Bertz CT molecular complexity index is 958. The van der Waals surface area contributed by atoms with Crippen molar-refractivity contribution in [3.8, 4) is 11.9 Å². The number of carbonyl (C=O) groups is 1. The average molecular weight is 372 g/mol. The Kier molecular flexibility index (Phi) is 6.48. The Morgan fingerprint density at radius 3 is 2.63 bits per heavy atom. The molecule has 0 bridgehead atoms. The number of nitrogens with zero attached hydrogens (tertiary/aromatic N) is 2. The number of ether oxygens (including phenoxy) is 1. The molecule has 142 valence electrons. The molecule has 0 radical (unpaired) electrons. The number of nitriles is 1. The van der Waals surface area contributed by atoms with E-state index in [0.29, 0.717) is 13.0 Å². The van der Waals surface area contributed by atoms with Gasteiger partial charge in [-0.2, -0.15) is 5.26 Å². The zero-order chi connectivity index (χ0) is 20.1. The number of ketones is 1. The first-order valence-electron chi connectivity index (χ1n) is 8.56. The lowest BCUT2D eigenvalue weighted by atomic mass is 9.97. The third-order valence-corrected chi connectivity index (χ3v) is 4.12. The molecule has 7 heteroatoms. The van der Waals surface area contributed by atoms with E-state index in [-0.39, 0.29) is 34.9 Å². The fourth-order valence-corrected chi connectivity index (χ4v) is 2.75. The minimum atomic E-state index is -0.785. The Morgan fingerprint density at radius 1 is 1.37 bits per heavy atom. The molecule has 1 N–H and O–H groups in total. The van der Waals surface area contributed by atoms with Crippen LogP contribution in [0.25, 0.3) is 0 Å². The first-order valence-corrected chi connectivity index (χ1v) is 8.56. The van der Waals surface area contributed by atoms with Gasteiger partial charge in [-0.25, -0.2) is 4.39 Å². The Morgan fingerprint density at radius 2 is 2.04 bits per heavy atom. The molecule has 1 aromatic carbocycles. The third kappa shape index (κ3) is 4.23. The van der Waals surface area contributed by atoms with Crippen molar-refractivity contribution >= 4 is 5.78 Å². The smallest absolute Gasteiger partial charge is 0.271 e. The van der Waals surface area contributed by atoms with Crippen molar-refractivity contribution in [3.63, 3.8) is 0 Å². The molecule has 0 aliphatic heterocycles. The van der Waals surface area contributed by atoms with Crippen molar-refractivity contribution in [1.82, 2.24) is 4.57 Å². The molecule has 1 aromatic heterocycles. The normalized spacial score (nSPS) is 10.8. The van der Waals surface area contributed by atoms with Gasteiger partial charge in [-0.3, -0.25) is 14.2 Å². The molecular weight excluding hydrogens is 351 g/mol. The molecule has 0 fully saturated rings. The summed E-state index contributed by atoms with van der Waals surface area (Å²) in [4.78, 5) is 25.3. The summed E-state index contributed by atoms with van der Waals surface area (Å²) in [5.41, 5.74) is -1.41. The summed E-state index contributed by atoms with van der Waals surface area (Å²) < 4.78 is 20.4. The molecular formula is C20H21FN2O4. The van der Waals surface area contributed by atoms with E-state index in [1.165, 1.54) is 25.1 Å². The number of hydrogen-bond donors (Lipinski definition) is 1. The van der Waals surface area contributed by atoms with E-state index >= 15 is 0 Å². The minimum absolute atomic E-state index is 0.0150. The van der Waals surface area contributed by atoms with E-state index in [1.807, 2.05) is 13.8 Å². The van der Waals surface area contributed by atoms with Crippen LogP contribution in [-0.4, -0.2) is 28.2 Å². The van der Waals surface area contributed by atoms with Crippen LogP contribution >= 0.6 is 0 Å². The summed E-state index contributed by atoms with van der Waals surface area (Å²) >= 11 is 0. The van der Waals surface area contributed by atoms with E-state index in [9.17, 15) is 24.3 Å². The van der Waals surface area contributed by atoms with Gasteiger partial charge in [0.2, 0.25) is 11.7 Å². The SMILES string of the molecule is Cc1c(C(=O)c2ccccc2F)c(O)n(CCCOC(C)C)c(=O)c1C#N. The highest BCUT2D eigenvalue weighted by Crippen LogP contribution is 2.26. The summed E-state index contributed by atoms with van der Waals surface area (Å²) in [6.45, 7) is 5.53. The Hall–Kier alpha value is -2.98. The van der Waals surface area contributed by atoms with Crippen LogP contribution in [0.1, 0.15) is 47.3 Å². The fraction of sp³-hybridized carbons (Fsp3) is 0.350. The highest BCUT2D eigenvalue weighted by Gasteiger charge is 2.26. The Labute approximate surface area is 156 Å². The highest BCUT2D eigenvalue weighted by molar-refractivity contribution is 6.11. The number of rotatable bonds is 7. The van der Waals surface area contributed by atoms with Crippen LogP contribution in [0.3, 0.4) is 0 Å². The third-order valence-electron chi connectivity index (χ3n) is 4.12. The first-order chi connectivity index (χ1) is 12.8. The van der Waals surface area contributed by atoms with Crippen LogP contribution in [0.2, 0.25) is 0 Å². The predicted molar refractivity (Wildman–Crippen MR) is 97.4 cm³/mol. The molecule has 6 nitrogen and oxygen atoms in total. The molecule has 0 saturated heterocycles. The van der Waals surface area contributed by atoms with Crippen LogP contribution in [-0.2, 0) is 11.3 Å². The zero-order valence-corrected chi connectivity index (χ0v) is 15.5. The van der Waals surface area contributed by atoms with Gasteiger partial charge in [0.15, 0.2) is 0 Å². The zero-order valence-electron chi connectivity index (χ0n) is 15.5. The van der Waals surface area contributed by atoms with Crippen molar-refractivity contribution in [2.45, 2.75) is 39.8 Å². The molecule has 27 heavy (non-hydrogen) atoms. The van der Waals surface area contributed by atoms with Crippen molar-refractivity contribution in [3.05, 3.63) is 62.7 Å². The van der Waals surface area contributed by atoms with Gasteiger partial charge in [-0.05, 0) is 44.9 Å². The molecule has 0 atom stereocenters. The average Bonchev–Trinajstić information content (AvgIpc) is 2.61. The number of aromatic hydroxyl groups is 1. The van der Waals surface area contributed by atoms with E-state index in [4.69, 9.17) is 4.74 Å². The first kappa shape index (κ1) is 20.3. The van der Waals surface area contributed by atoms with Gasteiger partial charge in [-0.1, -0.05) is 12.1 Å². The van der Waals surface area contributed by atoms with Crippen LogP contribution in [0.5, 0.6) is 5.88 Å². The quantitative estimate of drug-likeness (QED) is 0.596. The van der Waals surface area contributed by atoms with Crippen molar-refractivity contribution in [1.29, 1.82) is 5.26 Å². The number of halogens is 1. The van der Waals surface area contributed by atoms with Gasteiger partial charge < -0.3 is 9.84 Å². The Balaban J connectivity index is 2.53. The molecule has 1 heterocycles. The largest absolute Gasteiger partial charge is 0.494 e. The van der Waals surface area contributed by atoms with Crippen LogP contribution in [0.15, 0.2) is 29.1 Å². The lowest BCUT2D eigenvalue weighted by Crippen LogP contribution is -2.27. The maximum atomic E-state index is 14.0. The topological polar surface area (TPSA) is 92.3 Å². The molecule has 0 aliphatic carbocycles. The molecule has 0 amide bonds. The lowest BCUT2D eigenvalue weighted by Gasteiger charge is -2.16. The molecule has 2 aromatic rings. The van der Waals surface area contributed by atoms with Gasteiger partial charge in [0.05, 0.1) is 17.2 Å². The second-order valence-electron chi connectivity index (χ2n) is 6.35. The van der Waals surface area contributed by atoms with Gasteiger partial charge in [0.25, 0.3) is 5.56 Å². The van der Waals surface area contributed by atoms with E-state index < -0.39 is 23.0 Å². The minimum Gasteiger partial charge on any atom is -0.494 e. The standard InChI is InChI=1S/C20H21FN2O4/c1-12(2)27-10-6-9-23-19(25)15(11-22)13(3)17(20(23)26)18(24)14-7-4-5-8-16(14)21/h4-5,7-8,12,26H,6,9-10H2,1-3H3. The summed E-state index contributed by atoms with van der Waals surface area (Å²) in [7, 11) is 0. The molecule has 0 spiro atoms. The fourth-order valence-electron chi connectivity index (χ4n) is 2.75. The molecule has 0 aliphatic rings. The molecule has 0 saturated carbocycles. The van der Waals surface area contributed by atoms with Gasteiger partial charge in [0.1, 0.15) is 17.4 Å².